The highest BCUT2D eigenvalue weighted by Crippen LogP contribution is 2.53. The Balaban J connectivity index is 0.844. The summed E-state index contributed by atoms with van der Waals surface area (Å²) >= 11 is 0. The molecule has 478 valence electrons. The molecule has 0 radical (unpaired) electrons. The fourth-order valence-electron chi connectivity index (χ4n) is 17.8. The molecule has 0 bridgehead atoms. The molecule has 0 atom stereocenters. The van der Waals surface area contributed by atoms with E-state index in [2.05, 4.69) is 407 Å². The normalized spacial score (nSPS) is 12.9. The first-order chi connectivity index (χ1) is 51.2. The summed E-state index contributed by atoms with van der Waals surface area (Å²) in [4.78, 5) is 12.7. The molecule has 4 aliphatic rings. The summed E-state index contributed by atoms with van der Waals surface area (Å²) in [6.45, 7) is -0.340. The van der Waals surface area contributed by atoms with Crippen LogP contribution in [0.3, 0.4) is 0 Å². The van der Waals surface area contributed by atoms with Crippen LogP contribution in [-0.4, -0.2) is 13.4 Å². The highest BCUT2D eigenvalue weighted by Gasteiger charge is 2.49. The maximum absolute atomic E-state index is 2.64. The highest BCUT2D eigenvalue weighted by molar-refractivity contribution is 7.03. The Bertz CT molecular complexity index is 6120. The summed E-state index contributed by atoms with van der Waals surface area (Å²) in [7, 11) is 0. The molecule has 0 amide bonds. The second-order valence-corrected chi connectivity index (χ2v) is 27.4. The summed E-state index contributed by atoms with van der Waals surface area (Å²) in [6, 6.07) is 142. The number of hydrogen-bond donors (Lipinski definition) is 0. The van der Waals surface area contributed by atoms with E-state index < -0.39 is 0 Å². The Kier molecular flexibility index (Phi) is 13.5. The van der Waals surface area contributed by atoms with E-state index in [9.17, 15) is 0 Å². The molecule has 21 rings (SSSR count). The molecule has 17 aromatic rings. The van der Waals surface area contributed by atoms with Crippen molar-refractivity contribution < 1.29 is 0 Å². The minimum Gasteiger partial charge on any atom is -0.311 e. The van der Waals surface area contributed by atoms with Crippen molar-refractivity contribution in [1.29, 1.82) is 0 Å². The fourth-order valence-corrected chi connectivity index (χ4v) is 17.8. The number of anilines is 15. The molecular formula is C96H63B2N5. The second-order valence-electron chi connectivity index (χ2n) is 27.4. The molecule has 0 fully saturated rings. The van der Waals surface area contributed by atoms with Gasteiger partial charge in [0, 0.05) is 79.6 Å². The zero-order chi connectivity index (χ0) is 67.6. The van der Waals surface area contributed by atoms with Gasteiger partial charge in [0.2, 0.25) is 0 Å². The number of rotatable bonds is 10. The van der Waals surface area contributed by atoms with Crippen LogP contribution in [0.25, 0.3) is 65.7 Å². The molecule has 0 saturated heterocycles. The molecular weight excluding hydrogens is 1240 g/mol. The van der Waals surface area contributed by atoms with E-state index >= 15 is 0 Å². The van der Waals surface area contributed by atoms with E-state index in [0.29, 0.717) is 0 Å². The van der Waals surface area contributed by atoms with Gasteiger partial charge in [-0.2, -0.15) is 0 Å². The van der Waals surface area contributed by atoms with Gasteiger partial charge >= 0.3 is 0 Å². The number of para-hydroxylation sites is 8. The predicted molar refractivity (Wildman–Crippen MR) is 438 cm³/mol. The van der Waals surface area contributed by atoms with Gasteiger partial charge in [0.25, 0.3) is 13.4 Å². The summed E-state index contributed by atoms with van der Waals surface area (Å²) in [5.74, 6) is 0. The second kappa shape index (κ2) is 23.7. The average Bonchev–Trinajstić information content (AvgIpc) is 0.694. The number of hydrogen-bond acceptors (Lipinski definition) is 5. The van der Waals surface area contributed by atoms with E-state index in [0.717, 1.165) is 90.9 Å². The molecule has 5 nitrogen and oxygen atoms in total. The van der Waals surface area contributed by atoms with Crippen molar-refractivity contribution in [3.8, 4) is 33.4 Å². The lowest BCUT2D eigenvalue weighted by atomic mass is 9.30. The molecule has 0 N–H and O–H groups in total. The third kappa shape index (κ3) is 9.09. The summed E-state index contributed by atoms with van der Waals surface area (Å²) in [6.07, 6.45) is 0. The van der Waals surface area contributed by atoms with E-state index in [1.54, 1.807) is 0 Å². The maximum atomic E-state index is 2.64. The number of nitrogens with zero attached hydrogens (tertiary/aromatic N) is 5. The first kappa shape index (κ1) is 58.6. The zero-order valence-electron chi connectivity index (χ0n) is 56.3. The Morgan fingerprint density at radius 2 is 0.515 bits per heavy atom. The summed E-state index contributed by atoms with van der Waals surface area (Å²) in [5, 5.41) is 7.34. The third-order valence-electron chi connectivity index (χ3n) is 21.9. The van der Waals surface area contributed by atoms with Gasteiger partial charge in [0.05, 0.1) is 5.69 Å². The van der Waals surface area contributed by atoms with E-state index in [1.165, 1.54) is 92.9 Å². The molecule has 7 heteroatoms. The molecule has 0 aliphatic carbocycles. The van der Waals surface area contributed by atoms with Crippen molar-refractivity contribution in [2.75, 3.05) is 24.5 Å². The van der Waals surface area contributed by atoms with Crippen molar-refractivity contribution in [1.82, 2.24) is 0 Å². The lowest BCUT2D eigenvalue weighted by molar-refractivity contribution is 1.22. The van der Waals surface area contributed by atoms with Crippen molar-refractivity contribution >= 4 is 164 Å². The lowest BCUT2D eigenvalue weighted by Crippen LogP contribution is -2.65. The Morgan fingerprint density at radius 1 is 0.194 bits per heavy atom. The van der Waals surface area contributed by atoms with Crippen LogP contribution in [0.15, 0.2) is 382 Å². The van der Waals surface area contributed by atoms with E-state index in [4.69, 9.17) is 0 Å². The molecule has 103 heavy (non-hydrogen) atoms. The Morgan fingerprint density at radius 3 is 0.942 bits per heavy atom. The lowest BCUT2D eigenvalue weighted by Gasteiger charge is -2.47. The van der Waals surface area contributed by atoms with Gasteiger partial charge in [-0.3, -0.25) is 0 Å². The van der Waals surface area contributed by atoms with Crippen molar-refractivity contribution in [2.45, 2.75) is 0 Å². The molecule has 0 unspecified atom stereocenters. The van der Waals surface area contributed by atoms with Crippen LogP contribution < -0.4 is 57.3 Å². The molecule has 0 spiro atoms. The summed E-state index contributed by atoms with van der Waals surface area (Å²) < 4.78 is 0. The third-order valence-corrected chi connectivity index (χ3v) is 21.9. The van der Waals surface area contributed by atoms with Gasteiger partial charge in [-0.05, 0) is 214 Å². The van der Waals surface area contributed by atoms with Gasteiger partial charge in [-0.15, -0.1) is 0 Å². The monoisotopic (exact) mass is 1310 g/mol. The molecule has 4 heterocycles. The smallest absolute Gasteiger partial charge is 0.252 e. The van der Waals surface area contributed by atoms with Gasteiger partial charge in [-0.25, -0.2) is 0 Å². The molecule has 0 saturated carbocycles. The highest BCUT2D eigenvalue weighted by atomic mass is 15.2. The Hall–Kier alpha value is -13.4. The largest absolute Gasteiger partial charge is 0.311 e. The minimum absolute atomic E-state index is 0.167. The Labute approximate surface area is 600 Å². The molecule has 0 aromatic heterocycles. The fraction of sp³-hybridized carbons (Fsp3) is 0. The quantitative estimate of drug-likeness (QED) is 0.0999. The van der Waals surface area contributed by atoms with Crippen LogP contribution in [0.5, 0.6) is 0 Å². The van der Waals surface area contributed by atoms with Crippen LogP contribution in [0.1, 0.15) is 0 Å². The standard InChI is InChI=1S/C96H63B2N5/c1-8-32-64(33-9-1)93-76-48-24-26-50-78(76)94(79-51-27-25-49-77(79)93)80-57-56-73(74-46-22-23-47-75(74)80)65-58-89-95-90(59-65)102(70-42-18-6-19-43-70)87-63-88-84(62-83(87)97(95)81-52-28-30-54-85(81)100(89)68-38-14-4-15-39-68)98-82-53-29-31-55-86(82)101(69-40-16-5-17-41-69)91-60-72(61-92(96(91)98)103(88)71-44-20-7-21-45-71)99(66-34-10-2-11-35-66)67-36-12-3-13-37-67/h1-63H. The van der Waals surface area contributed by atoms with Gasteiger partial charge in [0.15, 0.2) is 0 Å². The molecule has 4 aliphatic heterocycles. The van der Waals surface area contributed by atoms with Gasteiger partial charge < -0.3 is 24.5 Å². The predicted octanol–water partition coefficient (Wildman–Crippen LogP) is 21.8. The van der Waals surface area contributed by atoms with Crippen molar-refractivity contribution in [3.63, 3.8) is 0 Å². The van der Waals surface area contributed by atoms with E-state index in [1.807, 2.05) is 0 Å². The average molecular weight is 1310 g/mol. The molecule has 17 aromatic carbocycles. The van der Waals surface area contributed by atoms with Crippen LogP contribution >= 0.6 is 0 Å². The summed E-state index contributed by atoms with van der Waals surface area (Å²) in [5.41, 5.74) is 31.5. The first-order valence-electron chi connectivity index (χ1n) is 35.7. The van der Waals surface area contributed by atoms with Crippen LogP contribution in [-0.2, 0) is 0 Å². The van der Waals surface area contributed by atoms with E-state index in [-0.39, 0.29) is 13.4 Å². The first-order valence-corrected chi connectivity index (χ1v) is 35.7. The minimum atomic E-state index is -0.173. The number of fused-ring (bicyclic) bond motifs is 11. The topological polar surface area (TPSA) is 16.2 Å². The SMILES string of the molecule is c1ccc(-c2c3ccccc3c(-c3ccc(-c4cc5c6c(c4)N(c4ccccc4)c4cc7c(cc4B6c4ccccc4N5c4ccccc4)B4c5ccccc5N(c5ccccc5)c5cc(N(c6ccccc6)c6ccccc6)cc(c54)N7c4ccccc4)c4ccccc34)c3ccccc23)cc1. The van der Waals surface area contributed by atoms with Crippen LogP contribution in [0.2, 0.25) is 0 Å². The van der Waals surface area contributed by atoms with Crippen LogP contribution in [0, 0.1) is 0 Å². The van der Waals surface area contributed by atoms with Gasteiger partial charge in [-0.1, -0.05) is 267 Å². The van der Waals surface area contributed by atoms with Crippen molar-refractivity contribution in [2.24, 2.45) is 0 Å². The van der Waals surface area contributed by atoms with Gasteiger partial charge in [0.1, 0.15) is 0 Å². The van der Waals surface area contributed by atoms with Crippen LogP contribution in [0.4, 0.5) is 85.3 Å². The van der Waals surface area contributed by atoms with Crippen molar-refractivity contribution in [3.05, 3.63) is 382 Å². The number of benzene rings is 17. The maximum Gasteiger partial charge on any atom is 0.252 e. The zero-order valence-corrected chi connectivity index (χ0v) is 56.3.